The van der Waals surface area contributed by atoms with Crippen molar-refractivity contribution in [1.82, 2.24) is 19.8 Å². The molecule has 41 heavy (non-hydrogen) atoms. The lowest BCUT2D eigenvalue weighted by molar-refractivity contribution is -0.139. The summed E-state index contributed by atoms with van der Waals surface area (Å²) in [5, 5.41) is 5.09. The predicted octanol–water partition coefficient (Wildman–Crippen LogP) is 2.96. The van der Waals surface area contributed by atoms with E-state index in [1.165, 1.54) is 61.8 Å². The van der Waals surface area contributed by atoms with Crippen molar-refractivity contribution in [2.75, 3.05) is 26.0 Å². The first-order valence-electron chi connectivity index (χ1n) is 12.6. The Morgan fingerprint density at radius 2 is 1.68 bits per heavy atom. The Morgan fingerprint density at radius 1 is 1.05 bits per heavy atom. The number of anilines is 1. The van der Waals surface area contributed by atoms with E-state index in [-0.39, 0.29) is 24.6 Å². The molecule has 1 aromatic heterocycles. The third-order valence-corrected chi connectivity index (χ3v) is 5.99. The van der Waals surface area contributed by atoms with Gasteiger partial charge in [0.05, 0.1) is 30.6 Å². The first-order chi connectivity index (χ1) is 19.2. The SMILES string of the molecule is CN(C)C(=O)C(c1ccccc1C(F)(F)F)n1cnc(NC(=O)C(COCc2ccccc2)NC(=O)C(C)(C)N)c1. The Morgan fingerprint density at radius 3 is 2.29 bits per heavy atom. The molecule has 0 aliphatic carbocycles. The molecule has 1 heterocycles. The fourth-order valence-electron chi connectivity index (χ4n) is 3.81. The highest BCUT2D eigenvalue weighted by molar-refractivity contribution is 5.98. The Labute approximate surface area is 235 Å². The van der Waals surface area contributed by atoms with Crippen molar-refractivity contribution in [2.45, 2.75) is 44.3 Å². The zero-order valence-corrected chi connectivity index (χ0v) is 23.1. The van der Waals surface area contributed by atoms with Gasteiger partial charge in [-0.15, -0.1) is 0 Å². The van der Waals surface area contributed by atoms with Gasteiger partial charge in [0, 0.05) is 20.3 Å². The maximum absolute atomic E-state index is 13.8. The molecule has 10 nitrogen and oxygen atoms in total. The number of aromatic nitrogens is 2. The van der Waals surface area contributed by atoms with Gasteiger partial charge in [0.25, 0.3) is 5.91 Å². The second kappa shape index (κ2) is 13.0. The van der Waals surface area contributed by atoms with Gasteiger partial charge in [0.1, 0.15) is 12.1 Å². The molecule has 2 atom stereocenters. The molecule has 3 aromatic rings. The average Bonchev–Trinajstić information content (AvgIpc) is 3.35. The zero-order valence-electron chi connectivity index (χ0n) is 23.1. The number of nitrogens with two attached hydrogens (primary N) is 1. The first kappa shape index (κ1) is 31.3. The minimum atomic E-state index is -4.71. The lowest BCUT2D eigenvalue weighted by atomic mass is 9.98. The number of halogens is 3. The Hall–Kier alpha value is -4.23. The largest absolute Gasteiger partial charge is 0.416 e. The molecule has 0 radical (unpaired) electrons. The van der Waals surface area contributed by atoms with Crippen LogP contribution in [0.2, 0.25) is 0 Å². The number of hydrogen-bond acceptors (Lipinski definition) is 6. The molecule has 2 aromatic carbocycles. The maximum atomic E-state index is 13.8. The molecule has 2 unspecified atom stereocenters. The van der Waals surface area contributed by atoms with Gasteiger partial charge >= 0.3 is 6.18 Å². The van der Waals surface area contributed by atoms with Gasteiger partial charge in [0.15, 0.2) is 5.82 Å². The van der Waals surface area contributed by atoms with Crippen LogP contribution in [0, 0.1) is 0 Å². The summed E-state index contributed by atoms with van der Waals surface area (Å²) >= 11 is 0. The van der Waals surface area contributed by atoms with Crippen molar-refractivity contribution in [3.8, 4) is 0 Å². The number of hydrogen-bond donors (Lipinski definition) is 3. The summed E-state index contributed by atoms with van der Waals surface area (Å²) in [4.78, 5) is 44.0. The lowest BCUT2D eigenvalue weighted by Crippen LogP contribution is -2.56. The standard InChI is InChI=1S/C28H33F3N6O4/c1-27(2,32)26(40)34-21(16-41-15-18-10-6-5-7-11-18)24(38)35-22-14-37(17-33-22)23(25(39)36(3)4)19-12-8-9-13-20(19)28(29,30)31/h5-14,17,21,23H,15-16,32H2,1-4H3,(H,34,40)(H,35,38). The summed E-state index contributed by atoms with van der Waals surface area (Å²) in [5.41, 5.74) is 4.19. The molecule has 0 bridgehead atoms. The second-order valence-electron chi connectivity index (χ2n) is 10.2. The molecule has 220 valence electrons. The summed E-state index contributed by atoms with van der Waals surface area (Å²) in [7, 11) is 2.85. The number of imidazole rings is 1. The smallest absolute Gasteiger partial charge is 0.374 e. The highest BCUT2D eigenvalue weighted by Gasteiger charge is 2.38. The van der Waals surface area contributed by atoms with Crippen molar-refractivity contribution in [3.63, 3.8) is 0 Å². The fraction of sp³-hybridized carbons (Fsp3) is 0.357. The summed E-state index contributed by atoms with van der Waals surface area (Å²) in [5.74, 6) is -1.99. The van der Waals surface area contributed by atoms with Crippen molar-refractivity contribution >= 4 is 23.5 Å². The maximum Gasteiger partial charge on any atom is 0.416 e. The number of carbonyl (C=O) groups excluding carboxylic acids is 3. The summed E-state index contributed by atoms with van der Waals surface area (Å²) in [6.45, 7) is 2.92. The number of amides is 3. The van der Waals surface area contributed by atoms with E-state index in [1.54, 1.807) is 0 Å². The molecular weight excluding hydrogens is 541 g/mol. The molecule has 3 rings (SSSR count). The van der Waals surface area contributed by atoms with Crippen molar-refractivity contribution in [1.29, 1.82) is 0 Å². The zero-order chi connectivity index (χ0) is 30.4. The van der Waals surface area contributed by atoms with Crippen LogP contribution in [-0.2, 0) is 31.9 Å². The van der Waals surface area contributed by atoms with E-state index in [2.05, 4.69) is 15.6 Å². The van der Waals surface area contributed by atoms with Gasteiger partial charge in [-0.25, -0.2) is 4.98 Å². The highest BCUT2D eigenvalue weighted by Crippen LogP contribution is 2.36. The molecule has 0 fully saturated rings. The number of likely N-dealkylation sites (N-methyl/N-ethyl adjacent to an activating group) is 1. The van der Waals surface area contributed by atoms with E-state index < -0.39 is 47.1 Å². The van der Waals surface area contributed by atoms with E-state index in [4.69, 9.17) is 10.5 Å². The van der Waals surface area contributed by atoms with E-state index >= 15 is 0 Å². The molecule has 0 spiro atoms. The predicted molar refractivity (Wildman–Crippen MR) is 145 cm³/mol. The van der Waals surface area contributed by atoms with Gasteiger partial charge in [-0.1, -0.05) is 48.5 Å². The van der Waals surface area contributed by atoms with Gasteiger partial charge in [-0.2, -0.15) is 13.2 Å². The minimum absolute atomic E-state index is 0.0506. The number of rotatable bonds is 11. The Bertz CT molecular complexity index is 1350. The van der Waals surface area contributed by atoms with Crippen LogP contribution in [0.15, 0.2) is 67.1 Å². The third-order valence-electron chi connectivity index (χ3n) is 5.99. The summed E-state index contributed by atoms with van der Waals surface area (Å²) < 4.78 is 48.2. The van der Waals surface area contributed by atoms with Gasteiger partial charge < -0.3 is 30.6 Å². The Kier molecular flexibility index (Phi) is 9.89. The fourth-order valence-corrected chi connectivity index (χ4v) is 3.81. The van der Waals surface area contributed by atoms with Crippen molar-refractivity contribution < 1.29 is 32.3 Å². The van der Waals surface area contributed by atoms with Crippen molar-refractivity contribution in [2.24, 2.45) is 5.73 Å². The van der Waals surface area contributed by atoms with Crippen LogP contribution < -0.4 is 16.4 Å². The Balaban J connectivity index is 1.85. The number of benzene rings is 2. The van der Waals surface area contributed by atoms with E-state index in [0.717, 1.165) is 18.0 Å². The van der Waals surface area contributed by atoms with Crippen LogP contribution >= 0.6 is 0 Å². The highest BCUT2D eigenvalue weighted by atomic mass is 19.4. The minimum Gasteiger partial charge on any atom is -0.374 e. The molecule has 4 N–H and O–H groups in total. The number of ether oxygens (including phenoxy) is 1. The molecular formula is C28H33F3N6O4. The topological polar surface area (TPSA) is 132 Å². The van der Waals surface area contributed by atoms with E-state index in [0.29, 0.717) is 0 Å². The molecule has 0 aliphatic heterocycles. The van der Waals surface area contributed by atoms with Crippen LogP contribution in [0.25, 0.3) is 0 Å². The molecule has 13 heteroatoms. The third kappa shape index (κ3) is 8.38. The quantitative estimate of drug-likeness (QED) is 0.323. The van der Waals surface area contributed by atoms with Crippen LogP contribution in [-0.4, -0.2) is 64.5 Å². The average molecular weight is 575 g/mol. The van der Waals surface area contributed by atoms with Gasteiger partial charge in [-0.3, -0.25) is 14.4 Å². The molecule has 0 aliphatic rings. The molecule has 3 amide bonds. The van der Waals surface area contributed by atoms with Crippen LogP contribution in [0.5, 0.6) is 0 Å². The number of nitrogens with one attached hydrogen (secondary N) is 2. The number of alkyl halides is 3. The van der Waals surface area contributed by atoms with Crippen molar-refractivity contribution in [3.05, 3.63) is 83.8 Å². The van der Waals surface area contributed by atoms with E-state index in [9.17, 15) is 27.6 Å². The van der Waals surface area contributed by atoms with Crippen LogP contribution in [0.4, 0.5) is 19.0 Å². The van der Waals surface area contributed by atoms with Gasteiger partial charge in [0.2, 0.25) is 11.8 Å². The van der Waals surface area contributed by atoms with Gasteiger partial charge in [-0.05, 0) is 31.0 Å². The first-order valence-corrected chi connectivity index (χ1v) is 12.6. The number of nitrogens with zero attached hydrogens (tertiary/aromatic N) is 3. The summed E-state index contributed by atoms with van der Waals surface area (Å²) in [6, 6.07) is 11.4. The molecule has 0 saturated heterocycles. The summed E-state index contributed by atoms with van der Waals surface area (Å²) in [6.07, 6.45) is -2.31. The van der Waals surface area contributed by atoms with Crippen LogP contribution in [0.1, 0.15) is 36.6 Å². The monoisotopic (exact) mass is 574 g/mol. The normalized spacial score (nSPS) is 13.3. The van der Waals surface area contributed by atoms with E-state index in [1.807, 2.05) is 30.3 Å². The second-order valence-corrected chi connectivity index (χ2v) is 10.2. The number of carbonyl (C=O) groups is 3. The molecule has 0 saturated carbocycles. The lowest BCUT2D eigenvalue weighted by Gasteiger charge is -2.25. The van der Waals surface area contributed by atoms with Crippen LogP contribution in [0.3, 0.4) is 0 Å².